The van der Waals surface area contributed by atoms with Crippen molar-refractivity contribution in [2.45, 2.75) is 31.7 Å². The largest absolute Gasteiger partial charge is 0.233 e. The fraction of sp³-hybridized carbons (Fsp3) is 0.778. The van der Waals surface area contributed by atoms with Crippen molar-refractivity contribution in [1.82, 2.24) is 4.31 Å². The molecular formula is C9H13NS. The van der Waals surface area contributed by atoms with E-state index < -0.39 is 0 Å². The van der Waals surface area contributed by atoms with Gasteiger partial charge in [0.1, 0.15) is 0 Å². The van der Waals surface area contributed by atoms with Crippen LogP contribution in [0, 0.1) is 11.8 Å². The molecule has 2 rings (SSSR count). The molecule has 0 aromatic carbocycles. The van der Waals surface area contributed by atoms with Gasteiger partial charge >= 0.3 is 0 Å². The first kappa shape index (κ1) is 7.52. The van der Waals surface area contributed by atoms with E-state index in [1.165, 1.54) is 31.6 Å². The summed E-state index contributed by atoms with van der Waals surface area (Å²) in [5.41, 5.74) is 0.315. The van der Waals surface area contributed by atoms with E-state index in [4.69, 9.17) is 0 Å². The molecule has 0 N–H and O–H groups in total. The van der Waals surface area contributed by atoms with Crippen LogP contribution in [0.25, 0.3) is 0 Å². The molecule has 0 aromatic rings. The van der Waals surface area contributed by atoms with Gasteiger partial charge in [0.05, 0.1) is 5.54 Å². The monoisotopic (exact) mass is 167 g/mol. The van der Waals surface area contributed by atoms with Crippen LogP contribution < -0.4 is 0 Å². The third-order valence-corrected chi connectivity index (χ3v) is 3.63. The zero-order chi connectivity index (χ0) is 7.73. The lowest BCUT2D eigenvalue weighted by Gasteiger charge is -2.19. The highest BCUT2D eigenvalue weighted by molar-refractivity contribution is 7.97. The minimum Gasteiger partial charge on any atom is -0.233 e. The van der Waals surface area contributed by atoms with Gasteiger partial charge in [-0.05, 0) is 26.2 Å². The van der Waals surface area contributed by atoms with Gasteiger partial charge in [0, 0.05) is 12.3 Å². The number of rotatable bonds is 1. The lowest BCUT2D eigenvalue weighted by Crippen LogP contribution is -2.27. The molecule has 0 bridgehead atoms. The van der Waals surface area contributed by atoms with Gasteiger partial charge in [0.15, 0.2) is 0 Å². The molecule has 0 amide bonds. The average molecular weight is 167 g/mol. The van der Waals surface area contributed by atoms with Crippen molar-refractivity contribution in [2.24, 2.45) is 0 Å². The Bertz CT molecular complexity index is 203. The van der Waals surface area contributed by atoms with Crippen molar-refractivity contribution in [3.63, 3.8) is 0 Å². The van der Waals surface area contributed by atoms with Gasteiger partial charge in [-0.3, -0.25) is 0 Å². The molecule has 1 heterocycles. The summed E-state index contributed by atoms with van der Waals surface area (Å²) in [5.74, 6) is 7.67. The fourth-order valence-electron chi connectivity index (χ4n) is 1.57. The summed E-state index contributed by atoms with van der Waals surface area (Å²) < 4.78 is 2.49. The van der Waals surface area contributed by atoms with Gasteiger partial charge in [-0.15, -0.1) is 5.92 Å². The molecule has 1 saturated heterocycles. The van der Waals surface area contributed by atoms with Crippen LogP contribution in [0.3, 0.4) is 0 Å². The van der Waals surface area contributed by atoms with Crippen LogP contribution in [0.1, 0.15) is 26.2 Å². The molecule has 2 heteroatoms. The van der Waals surface area contributed by atoms with Crippen molar-refractivity contribution in [3.8, 4) is 11.8 Å². The van der Waals surface area contributed by atoms with E-state index in [0.717, 1.165) is 0 Å². The molecule has 0 unspecified atom stereocenters. The first-order valence-electron chi connectivity index (χ1n) is 4.22. The second kappa shape index (κ2) is 2.73. The Labute approximate surface area is 72.7 Å². The lowest BCUT2D eigenvalue weighted by molar-refractivity contribution is 0.420. The molecule has 2 fully saturated rings. The summed E-state index contributed by atoms with van der Waals surface area (Å²) in [7, 11) is 0. The second-order valence-corrected chi connectivity index (χ2v) is 4.30. The first-order valence-corrected chi connectivity index (χ1v) is 5.16. The Morgan fingerprint density at radius 3 is 2.73 bits per heavy atom. The Balaban J connectivity index is 2.05. The Morgan fingerprint density at radius 1 is 1.45 bits per heavy atom. The van der Waals surface area contributed by atoms with E-state index in [1.807, 2.05) is 18.9 Å². The summed E-state index contributed by atoms with van der Waals surface area (Å²) in [4.78, 5) is 0. The minimum atomic E-state index is 0.315. The maximum absolute atomic E-state index is 3.33. The average Bonchev–Trinajstić information content (AvgIpc) is 2.63. The van der Waals surface area contributed by atoms with E-state index in [9.17, 15) is 0 Å². The smallest absolute Gasteiger partial charge is 0.0921 e. The predicted octanol–water partition coefficient (Wildman–Crippen LogP) is 1.90. The SMILES string of the molecule is CC#CC1(N2CCCS2)CC1. The second-order valence-electron chi connectivity index (χ2n) is 3.20. The molecular weight excluding hydrogens is 154 g/mol. The van der Waals surface area contributed by atoms with Crippen molar-refractivity contribution >= 4 is 11.9 Å². The van der Waals surface area contributed by atoms with Gasteiger partial charge in [0.2, 0.25) is 0 Å². The lowest BCUT2D eigenvalue weighted by atomic mass is 10.2. The Hall–Kier alpha value is -0.130. The van der Waals surface area contributed by atoms with Gasteiger partial charge in [-0.2, -0.15) is 0 Å². The highest BCUT2D eigenvalue weighted by Crippen LogP contribution is 2.46. The van der Waals surface area contributed by atoms with Crippen molar-refractivity contribution < 1.29 is 0 Å². The summed E-state index contributed by atoms with van der Waals surface area (Å²) in [6.45, 7) is 3.19. The molecule has 2 aliphatic rings. The Morgan fingerprint density at radius 2 is 2.27 bits per heavy atom. The van der Waals surface area contributed by atoms with Crippen LogP contribution in [0.15, 0.2) is 0 Å². The van der Waals surface area contributed by atoms with Crippen molar-refractivity contribution in [1.29, 1.82) is 0 Å². The van der Waals surface area contributed by atoms with Crippen LogP contribution in [0.2, 0.25) is 0 Å². The third kappa shape index (κ3) is 1.28. The molecule has 1 nitrogen and oxygen atoms in total. The zero-order valence-electron chi connectivity index (χ0n) is 6.89. The number of hydrogen-bond acceptors (Lipinski definition) is 2. The van der Waals surface area contributed by atoms with E-state index in [0.29, 0.717) is 5.54 Å². The molecule has 11 heavy (non-hydrogen) atoms. The molecule has 1 aliphatic carbocycles. The van der Waals surface area contributed by atoms with Crippen LogP contribution in [-0.2, 0) is 0 Å². The standard InChI is InChI=1S/C9H13NS/c1-2-4-9(5-6-9)10-7-3-8-11-10/h3,5-8H2,1H3. The highest BCUT2D eigenvalue weighted by Gasteiger charge is 2.48. The van der Waals surface area contributed by atoms with Crippen molar-refractivity contribution in [3.05, 3.63) is 0 Å². The van der Waals surface area contributed by atoms with Gasteiger partial charge in [-0.1, -0.05) is 17.9 Å². The molecule has 60 valence electrons. The number of nitrogens with zero attached hydrogens (tertiary/aromatic N) is 1. The predicted molar refractivity (Wildman–Crippen MR) is 49.2 cm³/mol. The molecule has 1 aliphatic heterocycles. The highest BCUT2D eigenvalue weighted by atomic mass is 32.2. The summed E-state index contributed by atoms with van der Waals surface area (Å²) in [6, 6.07) is 0. The van der Waals surface area contributed by atoms with Crippen molar-refractivity contribution in [2.75, 3.05) is 12.3 Å². The van der Waals surface area contributed by atoms with E-state index in [1.54, 1.807) is 0 Å². The van der Waals surface area contributed by atoms with Crippen LogP contribution in [0.4, 0.5) is 0 Å². The van der Waals surface area contributed by atoms with Crippen LogP contribution in [0.5, 0.6) is 0 Å². The van der Waals surface area contributed by atoms with Gasteiger partial charge in [0.25, 0.3) is 0 Å². The van der Waals surface area contributed by atoms with E-state index in [-0.39, 0.29) is 0 Å². The first-order chi connectivity index (χ1) is 5.37. The number of hydrogen-bond donors (Lipinski definition) is 0. The summed E-state index contributed by atoms with van der Waals surface area (Å²) in [5, 5.41) is 0. The maximum atomic E-state index is 3.33. The fourth-order valence-corrected chi connectivity index (χ4v) is 2.78. The quantitative estimate of drug-likeness (QED) is 0.433. The maximum Gasteiger partial charge on any atom is 0.0921 e. The summed E-state index contributed by atoms with van der Waals surface area (Å²) in [6.07, 6.45) is 3.93. The van der Waals surface area contributed by atoms with Crippen LogP contribution >= 0.6 is 11.9 Å². The minimum absolute atomic E-state index is 0.315. The molecule has 0 radical (unpaired) electrons. The molecule has 0 aromatic heterocycles. The molecule has 1 saturated carbocycles. The molecule has 0 atom stereocenters. The summed E-state index contributed by atoms with van der Waals surface area (Å²) >= 11 is 1.98. The molecule has 0 spiro atoms. The topological polar surface area (TPSA) is 3.24 Å². The van der Waals surface area contributed by atoms with Crippen LogP contribution in [-0.4, -0.2) is 22.1 Å². The van der Waals surface area contributed by atoms with Gasteiger partial charge in [-0.25, -0.2) is 4.31 Å². The normalized spacial score (nSPS) is 27.7. The van der Waals surface area contributed by atoms with Gasteiger partial charge < -0.3 is 0 Å². The van der Waals surface area contributed by atoms with E-state index in [2.05, 4.69) is 16.1 Å². The zero-order valence-corrected chi connectivity index (χ0v) is 7.71. The third-order valence-electron chi connectivity index (χ3n) is 2.31. The van der Waals surface area contributed by atoms with E-state index >= 15 is 0 Å². The Kier molecular flexibility index (Phi) is 1.86.